The van der Waals surface area contributed by atoms with Crippen molar-refractivity contribution in [3.63, 3.8) is 0 Å². The average Bonchev–Trinajstić information content (AvgIpc) is 3.19. The van der Waals surface area contributed by atoms with Gasteiger partial charge in [0.15, 0.2) is 0 Å². The molecule has 0 saturated heterocycles. The number of aromatic carboxylic acids is 1. The van der Waals surface area contributed by atoms with E-state index in [0.29, 0.717) is 21.6 Å². The lowest BCUT2D eigenvalue weighted by molar-refractivity contribution is 0.0702. The highest BCUT2D eigenvalue weighted by Gasteiger charge is 2.41. The van der Waals surface area contributed by atoms with Gasteiger partial charge in [0.2, 0.25) is 0 Å². The van der Waals surface area contributed by atoms with Gasteiger partial charge in [-0.3, -0.25) is 0 Å². The normalized spacial score (nSPS) is 24.8. The molecule has 1 aliphatic carbocycles. The van der Waals surface area contributed by atoms with Gasteiger partial charge < -0.3 is 10.2 Å². The summed E-state index contributed by atoms with van der Waals surface area (Å²) >= 11 is 19.9. The van der Waals surface area contributed by atoms with E-state index in [-0.39, 0.29) is 17.2 Å². The maximum absolute atomic E-state index is 11.0. The lowest BCUT2D eigenvalue weighted by atomic mass is 9.84. The zero-order valence-corrected chi connectivity index (χ0v) is 18.9. The monoisotopic (exact) mass is 473 g/mol. The molecule has 0 amide bonds. The van der Waals surface area contributed by atoms with E-state index in [2.05, 4.69) is 4.98 Å². The first-order chi connectivity index (χ1) is 13.7. The van der Waals surface area contributed by atoms with Crippen LogP contribution >= 0.6 is 46.1 Å². The summed E-state index contributed by atoms with van der Waals surface area (Å²) in [7, 11) is 0. The van der Waals surface area contributed by atoms with E-state index in [1.54, 1.807) is 18.2 Å². The number of rotatable bonds is 7. The van der Waals surface area contributed by atoms with E-state index in [1.165, 1.54) is 11.3 Å². The van der Waals surface area contributed by atoms with Gasteiger partial charge in [-0.2, -0.15) is 0 Å². The second kappa shape index (κ2) is 9.80. The first kappa shape index (κ1) is 22.6. The molecule has 0 spiro atoms. The van der Waals surface area contributed by atoms with Crippen molar-refractivity contribution in [3.05, 3.63) is 55.5 Å². The summed E-state index contributed by atoms with van der Waals surface area (Å²) in [4.78, 5) is 16.4. The van der Waals surface area contributed by atoms with Gasteiger partial charge in [-0.05, 0) is 68.4 Å². The first-order valence-corrected chi connectivity index (χ1v) is 11.4. The Balaban J connectivity index is 1.69. The minimum atomic E-state index is -0.891. The number of aryl methyl sites for hydroxylation is 1. The van der Waals surface area contributed by atoms with Crippen molar-refractivity contribution >= 4 is 58.2 Å². The third-order valence-corrected chi connectivity index (χ3v) is 7.37. The quantitative estimate of drug-likeness (QED) is 0.371. The van der Waals surface area contributed by atoms with Crippen LogP contribution in [0.1, 0.15) is 46.3 Å². The zero-order chi connectivity index (χ0) is 21.1. The van der Waals surface area contributed by atoms with Crippen molar-refractivity contribution in [3.8, 4) is 0 Å². The number of carbonyl (C=O) groups is 1. The van der Waals surface area contributed by atoms with Crippen molar-refractivity contribution in [1.29, 1.82) is 0 Å². The topological polar surface area (TPSA) is 70.4 Å². The Bertz CT molecular complexity index is 894. The number of aliphatic hydroxyl groups excluding tert-OH is 1. The first-order valence-electron chi connectivity index (χ1n) is 9.40. The Kier molecular flexibility index (Phi) is 7.63. The Morgan fingerprint density at radius 1 is 1.31 bits per heavy atom. The molecule has 2 N–H and O–H groups in total. The maximum atomic E-state index is 11.0. The highest BCUT2D eigenvalue weighted by Crippen LogP contribution is 2.43. The van der Waals surface area contributed by atoms with Crippen LogP contribution in [-0.4, -0.2) is 32.6 Å². The minimum Gasteiger partial charge on any atom is -0.477 e. The molecule has 29 heavy (non-hydrogen) atoms. The summed E-state index contributed by atoms with van der Waals surface area (Å²) in [6.07, 6.45) is 4.59. The van der Waals surface area contributed by atoms with E-state index in [4.69, 9.17) is 39.9 Å². The number of aliphatic hydroxyl groups is 1. The summed E-state index contributed by atoms with van der Waals surface area (Å²) in [5.41, 5.74) is 1.88. The summed E-state index contributed by atoms with van der Waals surface area (Å²) < 4.78 is 0. The lowest BCUT2D eigenvalue weighted by Gasteiger charge is -2.24. The average molecular weight is 475 g/mol. The second-order valence-corrected chi connectivity index (χ2v) is 9.91. The van der Waals surface area contributed by atoms with Crippen LogP contribution in [0, 0.1) is 11.8 Å². The fourth-order valence-electron chi connectivity index (χ4n) is 4.13. The number of halogens is 3. The Morgan fingerprint density at radius 3 is 2.62 bits per heavy atom. The molecule has 1 saturated carbocycles. The van der Waals surface area contributed by atoms with Crippen molar-refractivity contribution in [1.82, 2.24) is 4.98 Å². The van der Waals surface area contributed by atoms with Gasteiger partial charge in [0.05, 0.1) is 6.10 Å². The Hall–Kier alpha value is -1.11. The Morgan fingerprint density at radius 2 is 2.00 bits per heavy atom. The molecular formula is C21H22Cl3NO3S. The van der Waals surface area contributed by atoms with E-state index < -0.39 is 12.1 Å². The number of aromatic nitrogens is 1. The molecule has 2 heterocycles. The molecule has 0 radical (unpaired) electrons. The van der Waals surface area contributed by atoms with E-state index in [9.17, 15) is 9.90 Å². The molecule has 2 aromatic heterocycles. The fraction of sp³-hybridized carbons (Fsp3) is 0.429. The summed E-state index contributed by atoms with van der Waals surface area (Å²) in [6.45, 7) is 2.00. The summed E-state index contributed by atoms with van der Waals surface area (Å²) in [5.74, 6) is -0.783. The second-order valence-electron chi connectivity index (χ2n) is 7.41. The van der Waals surface area contributed by atoms with Crippen LogP contribution in [0.25, 0.3) is 6.08 Å². The van der Waals surface area contributed by atoms with Gasteiger partial charge in [0.25, 0.3) is 0 Å². The van der Waals surface area contributed by atoms with E-state index >= 15 is 0 Å². The van der Waals surface area contributed by atoms with Crippen molar-refractivity contribution in [2.24, 2.45) is 11.8 Å². The molecule has 3 rings (SSSR count). The molecule has 0 unspecified atom stereocenters. The van der Waals surface area contributed by atoms with Crippen LogP contribution in [0.3, 0.4) is 0 Å². The van der Waals surface area contributed by atoms with Crippen LogP contribution in [0.15, 0.2) is 29.8 Å². The minimum absolute atomic E-state index is 0.0406. The number of hydrogen-bond acceptors (Lipinski definition) is 4. The van der Waals surface area contributed by atoms with Crippen LogP contribution in [-0.2, 0) is 6.42 Å². The standard InChI is InChI=1S/C21H22Cl3NO3S/c1-11(7-12-8-18(23)25-19(24)9-12)20-14(15(22)10-16(20)26)4-2-3-13-5-6-17(29-13)21(27)28/h5-9,14-16,20,26H,2-4,10H2,1H3,(H,27,28)/b11-7-/t14-,15+,16+,20+/m0/s1. The van der Waals surface area contributed by atoms with Crippen molar-refractivity contribution in [2.45, 2.75) is 44.1 Å². The van der Waals surface area contributed by atoms with Gasteiger partial charge in [0.1, 0.15) is 15.2 Å². The van der Waals surface area contributed by atoms with Gasteiger partial charge in [-0.25, -0.2) is 9.78 Å². The number of pyridine rings is 1. The molecule has 4 atom stereocenters. The molecule has 4 nitrogen and oxygen atoms in total. The summed E-state index contributed by atoms with van der Waals surface area (Å²) in [5, 5.41) is 20.2. The van der Waals surface area contributed by atoms with Gasteiger partial charge in [-0.1, -0.05) is 34.9 Å². The van der Waals surface area contributed by atoms with Crippen LogP contribution in [0.4, 0.5) is 0 Å². The zero-order valence-electron chi connectivity index (χ0n) is 15.8. The van der Waals surface area contributed by atoms with Crippen molar-refractivity contribution < 1.29 is 15.0 Å². The molecule has 8 heteroatoms. The molecule has 0 aliphatic heterocycles. The third-order valence-electron chi connectivity index (χ3n) is 5.35. The molecule has 2 aromatic rings. The number of alkyl halides is 1. The molecule has 1 aliphatic rings. The SMILES string of the molecule is C/C(=C/c1cc(Cl)nc(Cl)c1)[C@@H]1[C@@H](CCCc2ccc(C(=O)O)s2)[C@H](Cl)C[C@H]1O. The fourth-order valence-corrected chi connectivity index (χ4v) is 5.96. The highest BCUT2D eigenvalue weighted by atomic mass is 35.5. The lowest BCUT2D eigenvalue weighted by Crippen LogP contribution is -2.22. The number of carboxylic acid groups (broad SMARTS) is 1. The molecule has 0 aromatic carbocycles. The molecule has 156 valence electrons. The maximum Gasteiger partial charge on any atom is 0.345 e. The van der Waals surface area contributed by atoms with Crippen LogP contribution in [0.5, 0.6) is 0 Å². The van der Waals surface area contributed by atoms with E-state index in [0.717, 1.165) is 35.3 Å². The molecular weight excluding hydrogens is 453 g/mol. The van der Waals surface area contributed by atoms with Crippen LogP contribution < -0.4 is 0 Å². The predicted molar refractivity (Wildman–Crippen MR) is 119 cm³/mol. The molecule has 1 fully saturated rings. The smallest absolute Gasteiger partial charge is 0.345 e. The number of thiophene rings is 1. The highest BCUT2D eigenvalue weighted by molar-refractivity contribution is 7.13. The van der Waals surface area contributed by atoms with Gasteiger partial charge in [0, 0.05) is 16.2 Å². The number of carboxylic acids is 1. The van der Waals surface area contributed by atoms with Crippen molar-refractivity contribution in [2.75, 3.05) is 0 Å². The van der Waals surface area contributed by atoms with Crippen LogP contribution in [0.2, 0.25) is 10.3 Å². The van der Waals surface area contributed by atoms with Gasteiger partial charge in [-0.15, -0.1) is 22.9 Å². The van der Waals surface area contributed by atoms with E-state index in [1.807, 2.05) is 19.1 Å². The largest absolute Gasteiger partial charge is 0.477 e. The number of nitrogens with zero attached hydrogens (tertiary/aromatic N) is 1. The summed E-state index contributed by atoms with van der Waals surface area (Å²) in [6, 6.07) is 6.99. The molecule has 0 bridgehead atoms. The third kappa shape index (κ3) is 5.74. The van der Waals surface area contributed by atoms with Gasteiger partial charge >= 0.3 is 5.97 Å². The Labute approximate surface area is 189 Å². The predicted octanol–water partition coefficient (Wildman–Crippen LogP) is 6.18. The number of hydrogen-bond donors (Lipinski definition) is 2.